The third-order valence-corrected chi connectivity index (χ3v) is 7.42. The lowest BCUT2D eigenvalue weighted by Crippen LogP contribution is -2.56. The molecule has 0 amide bonds. The van der Waals surface area contributed by atoms with Crippen molar-refractivity contribution in [2.75, 3.05) is 26.0 Å². The number of esters is 1. The van der Waals surface area contributed by atoms with Crippen LogP contribution in [-0.2, 0) is 23.8 Å². The topological polar surface area (TPSA) is 82.0 Å². The van der Waals surface area contributed by atoms with Crippen LogP contribution in [-0.4, -0.2) is 64.1 Å². The van der Waals surface area contributed by atoms with Crippen molar-refractivity contribution >= 4 is 21.8 Å². The summed E-state index contributed by atoms with van der Waals surface area (Å²) >= 11 is 0. The minimum atomic E-state index is -6.53. The minimum absolute atomic E-state index is 0.0571. The van der Waals surface area contributed by atoms with Crippen LogP contribution in [0.4, 0.5) is 30.7 Å². The van der Waals surface area contributed by atoms with Crippen LogP contribution in [0.2, 0.25) is 0 Å². The second kappa shape index (κ2) is 11.3. The molecule has 218 valence electrons. The summed E-state index contributed by atoms with van der Waals surface area (Å²) in [4.78, 5) is 14.5. The molecule has 0 fully saturated rings. The summed E-state index contributed by atoms with van der Waals surface area (Å²) in [5.74, 6) is -13.9. The third-order valence-electron chi connectivity index (χ3n) is 6.13. The van der Waals surface area contributed by atoms with Gasteiger partial charge in [-0.25, -0.2) is 4.79 Å². The Morgan fingerprint density at radius 1 is 1.00 bits per heavy atom. The average molecular weight is 596 g/mol. The summed E-state index contributed by atoms with van der Waals surface area (Å²) in [5, 5.41) is 0. The maximum atomic E-state index is 14.5. The van der Waals surface area contributed by atoms with Crippen molar-refractivity contribution in [3.63, 3.8) is 0 Å². The van der Waals surface area contributed by atoms with Crippen LogP contribution in [0.25, 0.3) is 11.1 Å². The van der Waals surface area contributed by atoms with Gasteiger partial charge in [-0.2, -0.15) is 39.2 Å². The molecule has 1 aliphatic rings. The normalized spacial score (nSPS) is 15.9. The van der Waals surface area contributed by atoms with Crippen LogP contribution in [0, 0.1) is 0 Å². The van der Waals surface area contributed by atoms with Crippen LogP contribution in [0.15, 0.2) is 59.6 Å². The van der Waals surface area contributed by atoms with Crippen LogP contribution >= 0.6 is 0 Å². The second-order valence-corrected chi connectivity index (χ2v) is 10.7. The first-order chi connectivity index (χ1) is 18.4. The molecule has 1 atom stereocenters. The molecule has 0 saturated carbocycles. The molecule has 14 heteroatoms. The Hall–Kier alpha value is -3.26. The zero-order valence-electron chi connectivity index (χ0n) is 21.2. The van der Waals surface area contributed by atoms with Crippen LogP contribution in [0.3, 0.4) is 0 Å². The summed E-state index contributed by atoms with van der Waals surface area (Å²) < 4.78 is 130. The fourth-order valence-corrected chi connectivity index (χ4v) is 5.10. The standard InChI is InChI=1S/C26H24F7NO5S/c1-15(2)23(35)38-11-6-12-40(36,37)39-14-21-18-8-5-4-7-17(18)20-13-16(9-10-19(20)21)22(34-3)24(27,28)25(29,30)26(31,32)33/h4-5,7-10,13,21H,1,6,11-12,14H2,2-3H3. The van der Waals surface area contributed by atoms with Gasteiger partial charge in [-0.3, -0.25) is 9.18 Å². The van der Waals surface area contributed by atoms with E-state index in [9.17, 15) is 43.9 Å². The van der Waals surface area contributed by atoms with Crippen molar-refractivity contribution in [2.45, 2.75) is 37.3 Å². The van der Waals surface area contributed by atoms with Gasteiger partial charge in [0, 0.05) is 24.1 Å². The van der Waals surface area contributed by atoms with Crippen LogP contribution in [0.5, 0.6) is 0 Å². The summed E-state index contributed by atoms with van der Waals surface area (Å²) in [6.07, 6.45) is -6.59. The van der Waals surface area contributed by atoms with Gasteiger partial charge in [0.15, 0.2) is 0 Å². The van der Waals surface area contributed by atoms with E-state index in [4.69, 9.17) is 8.92 Å². The maximum absolute atomic E-state index is 14.5. The summed E-state index contributed by atoms with van der Waals surface area (Å²) in [6, 6.07) is 9.56. The first kappa shape index (κ1) is 31.3. The maximum Gasteiger partial charge on any atom is 0.460 e. The van der Waals surface area contributed by atoms with E-state index in [2.05, 4.69) is 11.6 Å². The Labute approximate surface area is 225 Å². The van der Waals surface area contributed by atoms with E-state index < -0.39 is 63.7 Å². The molecule has 2 aromatic carbocycles. The number of nitrogens with zero attached hydrogens (tertiary/aromatic N) is 1. The van der Waals surface area contributed by atoms with E-state index >= 15 is 0 Å². The number of alkyl halides is 7. The van der Waals surface area contributed by atoms with Gasteiger partial charge in [-0.15, -0.1) is 0 Å². The van der Waals surface area contributed by atoms with Gasteiger partial charge in [0.1, 0.15) is 5.71 Å². The predicted molar refractivity (Wildman–Crippen MR) is 132 cm³/mol. The summed E-state index contributed by atoms with van der Waals surface area (Å²) in [6.45, 7) is 4.24. The number of hydrogen-bond donors (Lipinski definition) is 0. The van der Waals surface area contributed by atoms with Crippen molar-refractivity contribution < 1.29 is 52.9 Å². The Kier molecular flexibility index (Phi) is 8.85. The van der Waals surface area contributed by atoms with Gasteiger partial charge in [0.05, 0.1) is 19.0 Å². The SMILES string of the molecule is C=C(C)C(=O)OCCCS(=O)(=O)OCC1c2ccccc2-c2cc(C(=NC)C(F)(F)C(F)(F)C(F)(F)F)ccc21. The number of fused-ring (bicyclic) bond motifs is 3. The molecule has 0 aromatic heterocycles. The van der Waals surface area contributed by atoms with E-state index in [1.165, 1.54) is 13.0 Å². The quantitative estimate of drug-likeness (QED) is 0.0807. The molecule has 1 unspecified atom stereocenters. The zero-order valence-corrected chi connectivity index (χ0v) is 22.0. The highest BCUT2D eigenvalue weighted by molar-refractivity contribution is 7.86. The number of ether oxygens (including phenoxy) is 1. The number of carbonyl (C=O) groups is 1. The Morgan fingerprint density at radius 2 is 1.62 bits per heavy atom. The summed E-state index contributed by atoms with van der Waals surface area (Å²) in [7, 11) is -3.41. The smallest absolute Gasteiger partial charge is 0.460 e. The number of hydrogen-bond acceptors (Lipinski definition) is 6. The number of aliphatic imine (C=N–C) groups is 1. The molecule has 0 radical (unpaired) electrons. The molecule has 0 saturated heterocycles. The molecule has 1 aliphatic carbocycles. The van der Waals surface area contributed by atoms with Crippen LogP contribution in [0.1, 0.15) is 36.0 Å². The molecule has 6 nitrogen and oxygen atoms in total. The van der Waals surface area contributed by atoms with E-state index in [1.807, 2.05) is 0 Å². The van der Waals surface area contributed by atoms with E-state index in [0.717, 1.165) is 12.1 Å². The van der Waals surface area contributed by atoms with Gasteiger partial charge in [0.25, 0.3) is 10.1 Å². The fourth-order valence-electron chi connectivity index (χ4n) is 4.17. The lowest BCUT2D eigenvalue weighted by molar-refractivity contribution is -0.336. The highest BCUT2D eigenvalue weighted by atomic mass is 32.2. The van der Waals surface area contributed by atoms with Gasteiger partial charge >= 0.3 is 24.0 Å². The molecule has 3 rings (SSSR count). The van der Waals surface area contributed by atoms with Gasteiger partial charge in [0.2, 0.25) is 0 Å². The molecule has 0 spiro atoms. The average Bonchev–Trinajstić information content (AvgIpc) is 3.18. The van der Waals surface area contributed by atoms with E-state index in [1.54, 1.807) is 24.3 Å². The second-order valence-electron chi connectivity index (χ2n) is 8.98. The van der Waals surface area contributed by atoms with Crippen molar-refractivity contribution in [1.82, 2.24) is 0 Å². The minimum Gasteiger partial charge on any atom is -0.462 e. The Morgan fingerprint density at radius 3 is 2.23 bits per heavy atom. The third kappa shape index (κ3) is 6.07. The van der Waals surface area contributed by atoms with Crippen molar-refractivity contribution in [1.29, 1.82) is 0 Å². The van der Waals surface area contributed by atoms with Gasteiger partial charge in [-0.1, -0.05) is 43.0 Å². The zero-order chi connectivity index (χ0) is 30.1. The monoisotopic (exact) mass is 595 g/mol. The highest BCUT2D eigenvalue weighted by Gasteiger charge is 2.75. The predicted octanol–water partition coefficient (Wildman–Crippen LogP) is 5.91. The van der Waals surface area contributed by atoms with Crippen molar-refractivity contribution in [2.24, 2.45) is 4.99 Å². The molecule has 2 aromatic rings. The van der Waals surface area contributed by atoms with Gasteiger partial charge in [-0.05, 0) is 41.7 Å². The van der Waals surface area contributed by atoms with Gasteiger partial charge < -0.3 is 4.74 Å². The molecule has 0 aliphatic heterocycles. The first-order valence-electron chi connectivity index (χ1n) is 11.7. The largest absolute Gasteiger partial charge is 0.462 e. The van der Waals surface area contributed by atoms with Crippen molar-refractivity contribution in [3.8, 4) is 11.1 Å². The number of carbonyl (C=O) groups excluding carboxylic acids is 1. The molecular weight excluding hydrogens is 571 g/mol. The molecule has 0 heterocycles. The van der Waals surface area contributed by atoms with E-state index in [-0.39, 0.29) is 24.2 Å². The number of rotatable bonds is 11. The lowest BCUT2D eigenvalue weighted by Gasteiger charge is -2.29. The molecule has 0 N–H and O–H groups in total. The number of benzene rings is 2. The van der Waals surface area contributed by atoms with E-state index in [0.29, 0.717) is 23.7 Å². The molecular formula is C26H24F7NO5S. The molecule has 0 bridgehead atoms. The Bertz CT molecular complexity index is 1440. The molecule has 40 heavy (non-hydrogen) atoms. The first-order valence-corrected chi connectivity index (χ1v) is 13.2. The Balaban J connectivity index is 1.86. The highest BCUT2D eigenvalue weighted by Crippen LogP contribution is 2.50. The number of halogens is 7. The fraction of sp³-hybridized carbons (Fsp3) is 0.385. The summed E-state index contributed by atoms with van der Waals surface area (Å²) in [5.41, 5.74) is -0.708. The van der Waals surface area contributed by atoms with Crippen molar-refractivity contribution in [3.05, 3.63) is 71.3 Å². The lowest BCUT2D eigenvalue weighted by atomic mass is 9.93. The van der Waals surface area contributed by atoms with Crippen LogP contribution < -0.4 is 0 Å².